The van der Waals surface area contributed by atoms with Crippen LogP contribution in [0.3, 0.4) is 0 Å². The first kappa shape index (κ1) is 14.3. The largest absolute Gasteiger partial charge is 0.481 e. The first-order chi connectivity index (χ1) is 9.09. The molecular weight excluding hydrogens is 246 g/mol. The van der Waals surface area contributed by atoms with Crippen LogP contribution in [0.5, 0.6) is 0 Å². The molecule has 0 aromatic heterocycles. The number of ether oxygens (including phenoxy) is 1. The Kier molecular flexibility index (Phi) is 4.45. The molecule has 2 saturated heterocycles. The number of carbonyl (C=O) groups is 2. The van der Waals surface area contributed by atoms with Crippen molar-refractivity contribution in [2.24, 2.45) is 5.41 Å². The molecular formula is C14H23NO4. The predicted octanol–water partition coefficient (Wildman–Crippen LogP) is 1.66. The molecule has 0 bridgehead atoms. The van der Waals surface area contributed by atoms with Gasteiger partial charge in [-0.15, -0.1) is 0 Å². The zero-order valence-electron chi connectivity index (χ0n) is 11.6. The van der Waals surface area contributed by atoms with Gasteiger partial charge in [-0.1, -0.05) is 13.3 Å². The SMILES string of the molecule is CCCC1(C(=O)O)CCCN(C(=O)C2CCCO2)C1. The highest BCUT2D eigenvalue weighted by Crippen LogP contribution is 2.35. The minimum Gasteiger partial charge on any atom is -0.481 e. The van der Waals surface area contributed by atoms with E-state index in [0.29, 0.717) is 32.5 Å². The van der Waals surface area contributed by atoms with Crippen LogP contribution in [0.25, 0.3) is 0 Å². The fourth-order valence-electron chi connectivity index (χ4n) is 3.26. The van der Waals surface area contributed by atoms with Crippen LogP contribution in [0, 0.1) is 5.41 Å². The van der Waals surface area contributed by atoms with Crippen molar-refractivity contribution in [1.29, 1.82) is 0 Å². The molecule has 5 heteroatoms. The van der Waals surface area contributed by atoms with Crippen LogP contribution in [0.1, 0.15) is 45.4 Å². The Balaban J connectivity index is 2.06. The van der Waals surface area contributed by atoms with E-state index >= 15 is 0 Å². The number of likely N-dealkylation sites (tertiary alicyclic amines) is 1. The highest BCUT2D eigenvalue weighted by Gasteiger charge is 2.44. The van der Waals surface area contributed by atoms with E-state index in [1.54, 1.807) is 4.90 Å². The van der Waals surface area contributed by atoms with Crippen molar-refractivity contribution in [2.45, 2.75) is 51.6 Å². The number of carbonyl (C=O) groups excluding carboxylic acids is 1. The molecule has 108 valence electrons. The summed E-state index contributed by atoms with van der Waals surface area (Å²) in [5.74, 6) is -0.780. The average molecular weight is 269 g/mol. The summed E-state index contributed by atoms with van der Waals surface area (Å²) in [6.45, 7) is 3.64. The van der Waals surface area contributed by atoms with Crippen molar-refractivity contribution in [3.63, 3.8) is 0 Å². The Bertz CT molecular complexity index is 347. The number of rotatable bonds is 4. The number of hydrogen-bond donors (Lipinski definition) is 1. The van der Waals surface area contributed by atoms with Gasteiger partial charge in [-0.25, -0.2) is 0 Å². The van der Waals surface area contributed by atoms with Gasteiger partial charge in [-0.2, -0.15) is 0 Å². The molecule has 1 amide bonds. The summed E-state index contributed by atoms with van der Waals surface area (Å²) in [6.07, 6.45) is 4.25. The summed E-state index contributed by atoms with van der Waals surface area (Å²) >= 11 is 0. The number of amides is 1. The summed E-state index contributed by atoms with van der Waals surface area (Å²) in [5.41, 5.74) is -0.749. The topological polar surface area (TPSA) is 66.8 Å². The molecule has 2 unspecified atom stereocenters. The fourth-order valence-corrected chi connectivity index (χ4v) is 3.26. The van der Waals surface area contributed by atoms with E-state index in [4.69, 9.17) is 4.74 Å². The molecule has 0 radical (unpaired) electrons. The molecule has 2 atom stereocenters. The predicted molar refractivity (Wildman–Crippen MR) is 69.8 cm³/mol. The second-order valence-corrected chi connectivity index (χ2v) is 5.70. The summed E-state index contributed by atoms with van der Waals surface area (Å²) in [5, 5.41) is 9.52. The van der Waals surface area contributed by atoms with Gasteiger partial charge in [0.05, 0.1) is 5.41 Å². The molecule has 19 heavy (non-hydrogen) atoms. The highest BCUT2D eigenvalue weighted by molar-refractivity contribution is 5.83. The van der Waals surface area contributed by atoms with E-state index in [-0.39, 0.29) is 12.0 Å². The van der Waals surface area contributed by atoms with E-state index in [0.717, 1.165) is 25.7 Å². The Morgan fingerprint density at radius 3 is 2.79 bits per heavy atom. The second-order valence-electron chi connectivity index (χ2n) is 5.70. The van der Waals surface area contributed by atoms with E-state index in [9.17, 15) is 14.7 Å². The maximum absolute atomic E-state index is 12.3. The number of hydrogen-bond acceptors (Lipinski definition) is 3. The number of piperidine rings is 1. The molecule has 0 aliphatic carbocycles. The van der Waals surface area contributed by atoms with Gasteiger partial charge < -0.3 is 14.7 Å². The third-order valence-corrected chi connectivity index (χ3v) is 4.28. The number of nitrogens with zero attached hydrogens (tertiary/aromatic N) is 1. The van der Waals surface area contributed by atoms with Gasteiger partial charge in [0.25, 0.3) is 5.91 Å². The molecule has 0 spiro atoms. The van der Waals surface area contributed by atoms with Crippen molar-refractivity contribution in [2.75, 3.05) is 19.7 Å². The quantitative estimate of drug-likeness (QED) is 0.843. The fraction of sp³-hybridized carbons (Fsp3) is 0.857. The molecule has 2 rings (SSSR count). The van der Waals surface area contributed by atoms with Crippen molar-refractivity contribution in [3.05, 3.63) is 0 Å². The Morgan fingerprint density at radius 1 is 1.42 bits per heavy atom. The Morgan fingerprint density at radius 2 is 2.21 bits per heavy atom. The van der Waals surface area contributed by atoms with Crippen LogP contribution in [-0.4, -0.2) is 47.7 Å². The van der Waals surface area contributed by atoms with Crippen molar-refractivity contribution < 1.29 is 19.4 Å². The number of aliphatic carboxylic acids is 1. The third kappa shape index (κ3) is 2.91. The van der Waals surface area contributed by atoms with Gasteiger partial charge in [0.2, 0.25) is 0 Å². The molecule has 0 aromatic carbocycles. The highest BCUT2D eigenvalue weighted by atomic mass is 16.5. The van der Waals surface area contributed by atoms with Gasteiger partial charge in [0.15, 0.2) is 0 Å². The van der Waals surface area contributed by atoms with Crippen molar-refractivity contribution in [3.8, 4) is 0 Å². The number of carboxylic acid groups (broad SMARTS) is 1. The van der Waals surface area contributed by atoms with Gasteiger partial charge in [-0.05, 0) is 32.1 Å². The lowest BCUT2D eigenvalue weighted by Gasteiger charge is -2.40. The lowest BCUT2D eigenvalue weighted by molar-refractivity contribution is -0.158. The van der Waals surface area contributed by atoms with E-state index in [1.807, 2.05) is 6.92 Å². The zero-order valence-corrected chi connectivity index (χ0v) is 11.6. The van der Waals surface area contributed by atoms with Crippen LogP contribution in [0.4, 0.5) is 0 Å². The summed E-state index contributed by atoms with van der Waals surface area (Å²) < 4.78 is 5.42. The van der Waals surface area contributed by atoms with Gasteiger partial charge >= 0.3 is 5.97 Å². The van der Waals surface area contributed by atoms with Crippen LogP contribution >= 0.6 is 0 Å². The lowest BCUT2D eigenvalue weighted by Crippen LogP contribution is -2.52. The van der Waals surface area contributed by atoms with Gasteiger partial charge in [0, 0.05) is 19.7 Å². The van der Waals surface area contributed by atoms with Crippen LogP contribution < -0.4 is 0 Å². The van der Waals surface area contributed by atoms with Crippen LogP contribution in [0.2, 0.25) is 0 Å². The molecule has 5 nitrogen and oxygen atoms in total. The maximum Gasteiger partial charge on any atom is 0.311 e. The van der Waals surface area contributed by atoms with E-state index in [1.165, 1.54) is 0 Å². The molecule has 2 aliphatic rings. The standard InChI is InChI=1S/C14H23NO4/c1-2-6-14(13(17)18)7-4-8-15(10-14)12(16)11-5-3-9-19-11/h11H,2-10H2,1H3,(H,17,18). The first-order valence-corrected chi connectivity index (χ1v) is 7.23. The van der Waals surface area contributed by atoms with Crippen molar-refractivity contribution >= 4 is 11.9 Å². The molecule has 0 saturated carbocycles. The maximum atomic E-state index is 12.3. The number of carboxylic acids is 1. The summed E-state index contributed by atoms with van der Waals surface area (Å²) in [7, 11) is 0. The van der Waals surface area contributed by atoms with Crippen LogP contribution in [-0.2, 0) is 14.3 Å². The zero-order chi connectivity index (χ0) is 13.9. The molecule has 2 aliphatic heterocycles. The minimum absolute atomic E-state index is 0.0149. The Hall–Kier alpha value is -1.10. The van der Waals surface area contributed by atoms with Gasteiger partial charge in [0.1, 0.15) is 6.10 Å². The van der Waals surface area contributed by atoms with E-state index < -0.39 is 11.4 Å². The monoisotopic (exact) mass is 269 g/mol. The second kappa shape index (κ2) is 5.90. The van der Waals surface area contributed by atoms with Crippen LogP contribution in [0.15, 0.2) is 0 Å². The van der Waals surface area contributed by atoms with Crippen molar-refractivity contribution in [1.82, 2.24) is 4.90 Å². The molecule has 2 fully saturated rings. The summed E-state index contributed by atoms with van der Waals surface area (Å²) in [6, 6.07) is 0. The Labute approximate surface area is 113 Å². The smallest absolute Gasteiger partial charge is 0.311 e. The molecule has 0 aromatic rings. The molecule has 1 N–H and O–H groups in total. The summed E-state index contributed by atoms with van der Waals surface area (Å²) in [4.78, 5) is 25.6. The lowest BCUT2D eigenvalue weighted by atomic mass is 9.76. The molecule has 2 heterocycles. The van der Waals surface area contributed by atoms with E-state index in [2.05, 4.69) is 0 Å². The first-order valence-electron chi connectivity index (χ1n) is 7.23. The van der Waals surface area contributed by atoms with Gasteiger partial charge in [-0.3, -0.25) is 9.59 Å². The minimum atomic E-state index is -0.765. The average Bonchev–Trinajstić information content (AvgIpc) is 2.92. The third-order valence-electron chi connectivity index (χ3n) is 4.28. The normalized spacial score (nSPS) is 31.4.